The molecular weight excluding hydrogens is 623 g/mol. The second kappa shape index (κ2) is 14.0. The van der Waals surface area contributed by atoms with Crippen molar-refractivity contribution in [3.05, 3.63) is 70.0 Å². The van der Waals surface area contributed by atoms with E-state index < -0.39 is 53.6 Å². The summed E-state index contributed by atoms with van der Waals surface area (Å²) < 4.78 is 99.5. The zero-order valence-electron chi connectivity index (χ0n) is 25.7. The summed E-state index contributed by atoms with van der Waals surface area (Å²) in [5.74, 6) is -3.04. The molecule has 0 spiro atoms. The number of benzene rings is 2. The Bertz CT molecular complexity index is 1410. The molecular formula is C32H36F7N3O4. The Morgan fingerprint density at radius 2 is 1.48 bits per heavy atom. The molecule has 2 heterocycles. The minimum Gasteiger partial charge on any atom is -0.375 e. The summed E-state index contributed by atoms with van der Waals surface area (Å²) in [5.41, 5.74) is -2.13. The molecule has 0 aromatic heterocycles. The van der Waals surface area contributed by atoms with Crippen molar-refractivity contribution in [1.82, 2.24) is 14.7 Å². The molecule has 2 atom stereocenters. The number of ether oxygens (including phenoxy) is 1. The van der Waals surface area contributed by atoms with Gasteiger partial charge in [-0.25, -0.2) is 4.39 Å². The standard InChI is InChI=1S/C32H36F7N3O4/c1-19-12-24(33)4-5-25(19)27-17-42(29(44)21-6-9-41(10-7-21)28(43)18-46-3)11-8-26(27)30(45)40(2)16-20-13-22(31(34,35)36)15-23(14-20)32(37,38)39/h4-5,12-15,21,26-27H,6-11,16-18H2,1-3H3. The number of piperidine rings is 2. The molecule has 7 nitrogen and oxygen atoms in total. The first-order valence-corrected chi connectivity index (χ1v) is 14.8. The Morgan fingerprint density at radius 3 is 2.02 bits per heavy atom. The van der Waals surface area contributed by atoms with E-state index in [9.17, 15) is 45.1 Å². The van der Waals surface area contributed by atoms with Crippen molar-refractivity contribution in [2.24, 2.45) is 11.8 Å². The van der Waals surface area contributed by atoms with E-state index in [1.165, 1.54) is 32.4 Å². The van der Waals surface area contributed by atoms with Gasteiger partial charge in [-0.1, -0.05) is 6.07 Å². The second-order valence-electron chi connectivity index (χ2n) is 12.0. The van der Waals surface area contributed by atoms with Gasteiger partial charge >= 0.3 is 12.4 Å². The van der Waals surface area contributed by atoms with E-state index in [-0.39, 0.29) is 55.5 Å². The minimum atomic E-state index is -5.03. The molecule has 2 unspecified atom stereocenters. The van der Waals surface area contributed by atoms with Crippen LogP contribution in [-0.4, -0.2) is 79.4 Å². The van der Waals surface area contributed by atoms with Crippen LogP contribution in [0.4, 0.5) is 30.7 Å². The summed E-state index contributed by atoms with van der Waals surface area (Å²) in [6, 6.07) is 5.29. The summed E-state index contributed by atoms with van der Waals surface area (Å²) in [7, 11) is 2.73. The summed E-state index contributed by atoms with van der Waals surface area (Å²) in [4.78, 5) is 44.0. The number of carbonyl (C=O) groups is 3. The summed E-state index contributed by atoms with van der Waals surface area (Å²) in [6.45, 7) is 2.20. The van der Waals surface area contributed by atoms with Gasteiger partial charge in [0.25, 0.3) is 0 Å². The third-order valence-corrected chi connectivity index (χ3v) is 8.78. The summed E-state index contributed by atoms with van der Waals surface area (Å²) in [5, 5.41) is 0. The topological polar surface area (TPSA) is 70.2 Å². The van der Waals surface area contributed by atoms with E-state index in [1.807, 2.05) is 0 Å². The van der Waals surface area contributed by atoms with E-state index in [0.717, 1.165) is 4.90 Å². The number of methoxy groups -OCH3 is 1. The number of rotatable bonds is 7. The first kappa shape index (κ1) is 35.2. The van der Waals surface area contributed by atoms with Gasteiger partial charge in [-0.15, -0.1) is 0 Å². The number of likely N-dealkylation sites (tertiary alicyclic amines) is 2. The zero-order chi connectivity index (χ0) is 34.0. The molecule has 14 heteroatoms. The number of carbonyl (C=O) groups excluding carboxylic acids is 3. The maximum absolute atomic E-state index is 14.0. The highest BCUT2D eigenvalue weighted by atomic mass is 19.4. The van der Waals surface area contributed by atoms with Gasteiger partial charge in [-0.05, 0) is 73.2 Å². The van der Waals surface area contributed by atoms with Crippen molar-refractivity contribution >= 4 is 17.7 Å². The highest BCUT2D eigenvalue weighted by Gasteiger charge is 2.41. The van der Waals surface area contributed by atoms with Gasteiger partial charge in [0.05, 0.1) is 11.1 Å². The summed E-state index contributed by atoms with van der Waals surface area (Å²) >= 11 is 0. The van der Waals surface area contributed by atoms with Crippen LogP contribution in [-0.2, 0) is 38.0 Å². The van der Waals surface area contributed by atoms with Crippen LogP contribution in [0.15, 0.2) is 36.4 Å². The van der Waals surface area contributed by atoms with E-state index in [4.69, 9.17) is 4.74 Å². The first-order valence-electron chi connectivity index (χ1n) is 14.8. The van der Waals surface area contributed by atoms with Crippen LogP contribution in [0, 0.1) is 24.6 Å². The van der Waals surface area contributed by atoms with E-state index in [0.29, 0.717) is 49.2 Å². The van der Waals surface area contributed by atoms with Crippen LogP contribution in [0.5, 0.6) is 0 Å². The monoisotopic (exact) mass is 659 g/mol. The minimum absolute atomic E-state index is 0.0344. The van der Waals surface area contributed by atoms with Crippen molar-refractivity contribution in [3.8, 4) is 0 Å². The van der Waals surface area contributed by atoms with E-state index >= 15 is 0 Å². The zero-order valence-corrected chi connectivity index (χ0v) is 25.7. The first-order chi connectivity index (χ1) is 21.5. The van der Waals surface area contributed by atoms with Gasteiger partial charge < -0.3 is 19.4 Å². The average molecular weight is 660 g/mol. The molecule has 2 fully saturated rings. The number of nitrogens with zero attached hydrogens (tertiary/aromatic N) is 3. The molecule has 2 aliphatic rings. The van der Waals surface area contributed by atoms with Crippen molar-refractivity contribution in [2.75, 3.05) is 46.9 Å². The quantitative estimate of drug-likeness (QED) is 0.361. The molecule has 2 aromatic carbocycles. The fourth-order valence-electron chi connectivity index (χ4n) is 6.41. The third-order valence-electron chi connectivity index (χ3n) is 8.78. The lowest BCUT2D eigenvalue weighted by Crippen LogP contribution is -2.51. The molecule has 0 radical (unpaired) electrons. The largest absolute Gasteiger partial charge is 0.416 e. The molecule has 2 aromatic rings. The van der Waals surface area contributed by atoms with Crippen LogP contribution >= 0.6 is 0 Å². The van der Waals surface area contributed by atoms with Crippen molar-refractivity contribution < 1.29 is 49.9 Å². The van der Waals surface area contributed by atoms with Crippen molar-refractivity contribution in [1.29, 1.82) is 0 Å². The lowest BCUT2D eigenvalue weighted by molar-refractivity contribution is -0.146. The fourth-order valence-corrected chi connectivity index (χ4v) is 6.41. The predicted molar refractivity (Wildman–Crippen MR) is 153 cm³/mol. The molecule has 3 amide bonds. The predicted octanol–water partition coefficient (Wildman–Crippen LogP) is 5.65. The van der Waals surface area contributed by atoms with E-state index in [2.05, 4.69) is 0 Å². The SMILES string of the molecule is COCC(=O)N1CCC(C(=O)N2CCC(C(=O)N(C)Cc3cc(C(F)(F)F)cc(C(F)(F)F)c3)C(c3ccc(F)cc3C)C2)CC1. The van der Waals surface area contributed by atoms with Crippen LogP contribution in [0.25, 0.3) is 0 Å². The van der Waals surface area contributed by atoms with E-state index in [1.54, 1.807) is 16.7 Å². The van der Waals surface area contributed by atoms with Gasteiger partial charge in [-0.2, -0.15) is 26.3 Å². The third kappa shape index (κ3) is 8.18. The second-order valence-corrected chi connectivity index (χ2v) is 12.0. The highest BCUT2D eigenvalue weighted by molar-refractivity contribution is 5.83. The lowest BCUT2D eigenvalue weighted by Gasteiger charge is -2.42. The molecule has 2 aliphatic heterocycles. The van der Waals surface area contributed by atoms with Crippen molar-refractivity contribution in [2.45, 2.75) is 51.0 Å². The fraction of sp³-hybridized carbons (Fsp3) is 0.531. The highest BCUT2D eigenvalue weighted by Crippen LogP contribution is 2.39. The number of halogens is 7. The normalized spacial score (nSPS) is 19.7. The Labute approximate surface area is 262 Å². The Morgan fingerprint density at radius 1 is 0.891 bits per heavy atom. The number of aryl methyl sites for hydroxylation is 1. The van der Waals surface area contributed by atoms with Gasteiger partial charge in [0.15, 0.2) is 0 Å². The Balaban J connectivity index is 1.55. The Hall–Kier alpha value is -3.68. The van der Waals surface area contributed by atoms with Crippen LogP contribution in [0.2, 0.25) is 0 Å². The molecule has 2 saturated heterocycles. The lowest BCUT2D eigenvalue weighted by atomic mass is 9.77. The maximum atomic E-state index is 14.0. The van der Waals surface area contributed by atoms with Crippen LogP contribution in [0.3, 0.4) is 0 Å². The molecule has 46 heavy (non-hydrogen) atoms. The van der Waals surface area contributed by atoms with Crippen LogP contribution in [0.1, 0.15) is 53.0 Å². The number of amides is 3. The average Bonchev–Trinajstić information content (AvgIpc) is 2.99. The molecule has 4 rings (SSSR count). The Kier molecular flexibility index (Phi) is 10.7. The van der Waals surface area contributed by atoms with Gasteiger partial charge in [0.2, 0.25) is 17.7 Å². The number of hydrogen-bond donors (Lipinski definition) is 0. The molecule has 0 aliphatic carbocycles. The summed E-state index contributed by atoms with van der Waals surface area (Å²) in [6.07, 6.45) is -8.98. The molecule has 0 bridgehead atoms. The maximum Gasteiger partial charge on any atom is 0.416 e. The van der Waals surface area contributed by atoms with Gasteiger partial charge in [-0.3, -0.25) is 14.4 Å². The van der Waals surface area contributed by atoms with Crippen molar-refractivity contribution in [3.63, 3.8) is 0 Å². The molecule has 0 saturated carbocycles. The van der Waals surface area contributed by atoms with Gasteiger partial charge in [0.1, 0.15) is 12.4 Å². The smallest absolute Gasteiger partial charge is 0.375 e. The number of alkyl halides is 6. The van der Waals surface area contributed by atoms with Gasteiger partial charge in [0, 0.05) is 64.6 Å². The molecule has 252 valence electrons. The van der Waals surface area contributed by atoms with Crippen LogP contribution < -0.4 is 0 Å². The molecule has 0 N–H and O–H groups in total. The number of hydrogen-bond acceptors (Lipinski definition) is 4.